The largest absolute Gasteiger partial charge is 0.490 e. The van der Waals surface area contributed by atoms with Crippen molar-refractivity contribution in [3.05, 3.63) is 65.7 Å². The first-order valence-corrected chi connectivity index (χ1v) is 9.83. The minimum absolute atomic E-state index is 0.0780. The lowest BCUT2D eigenvalue weighted by atomic mass is 10.0. The van der Waals surface area contributed by atoms with Crippen molar-refractivity contribution in [2.24, 2.45) is 10.9 Å². The Morgan fingerprint density at radius 1 is 1.09 bits per heavy atom. The van der Waals surface area contributed by atoms with Crippen LogP contribution in [-0.2, 0) is 19.1 Å². The highest BCUT2D eigenvalue weighted by atomic mass is 19.4. The van der Waals surface area contributed by atoms with Crippen molar-refractivity contribution in [1.29, 1.82) is 0 Å². The first-order valence-electron chi connectivity index (χ1n) is 9.83. The van der Waals surface area contributed by atoms with Gasteiger partial charge in [-0.2, -0.15) is 18.3 Å². The van der Waals surface area contributed by atoms with E-state index in [4.69, 9.17) is 10.6 Å². The van der Waals surface area contributed by atoms with Gasteiger partial charge in [0, 0.05) is 5.56 Å². The fraction of sp³-hybridized carbons (Fsp3) is 0.227. The lowest BCUT2D eigenvalue weighted by molar-refractivity contribution is -0.204. The summed E-state index contributed by atoms with van der Waals surface area (Å²) in [6.07, 6.45) is -6.75. The van der Waals surface area contributed by atoms with Gasteiger partial charge in [0.1, 0.15) is 11.9 Å². The number of nitrogens with one attached hydrogen (secondary N) is 1. The number of benzene rings is 2. The number of amides is 1. The third-order valence-corrected chi connectivity index (χ3v) is 4.41. The second-order valence-electron chi connectivity index (χ2n) is 7.10. The van der Waals surface area contributed by atoms with Gasteiger partial charge in [0.05, 0.1) is 12.6 Å². The number of ether oxygens (including phenoxy) is 2. The van der Waals surface area contributed by atoms with E-state index in [9.17, 15) is 37.5 Å². The summed E-state index contributed by atoms with van der Waals surface area (Å²) < 4.78 is 47.0. The molecule has 2 aromatic rings. The maximum Gasteiger partial charge on any atom is 0.490 e. The van der Waals surface area contributed by atoms with Crippen molar-refractivity contribution in [2.45, 2.75) is 31.3 Å². The Morgan fingerprint density at radius 3 is 2.20 bits per heavy atom. The van der Waals surface area contributed by atoms with Crippen LogP contribution in [0.2, 0.25) is 0 Å². The predicted octanol–water partition coefficient (Wildman–Crippen LogP) is 2.02. The molecule has 35 heavy (non-hydrogen) atoms. The van der Waals surface area contributed by atoms with Gasteiger partial charge in [-0.25, -0.2) is 9.59 Å². The standard InChI is InChI=1S/C22H20F3N3O7/c1-13(34-20(33)22(23,24)25)11-17(29)21(19(31)32,35-16-5-3-2-4-6-16)28-18(30)15-9-7-14(8-10-15)12-27-26/h2-10,12-13H,11,26H2,1H3,(H,28,30)(H,31,32). The van der Waals surface area contributed by atoms with Gasteiger partial charge in [0.25, 0.3) is 5.91 Å². The Hall–Kier alpha value is -4.42. The molecule has 0 aromatic heterocycles. The number of alkyl halides is 3. The third-order valence-electron chi connectivity index (χ3n) is 4.41. The second kappa shape index (κ2) is 11.1. The highest BCUT2D eigenvalue weighted by molar-refractivity contribution is 6.11. The number of hydrogen-bond donors (Lipinski definition) is 3. The van der Waals surface area contributed by atoms with Crippen molar-refractivity contribution >= 4 is 29.8 Å². The summed E-state index contributed by atoms with van der Waals surface area (Å²) in [5.74, 6) is -2.03. The van der Waals surface area contributed by atoms with E-state index < -0.39 is 48.1 Å². The number of rotatable bonds is 10. The fourth-order valence-corrected chi connectivity index (χ4v) is 2.77. The number of carboxylic acid groups (broad SMARTS) is 1. The summed E-state index contributed by atoms with van der Waals surface area (Å²) in [4.78, 5) is 49.2. The Kier molecular flexibility index (Phi) is 8.54. The fourth-order valence-electron chi connectivity index (χ4n) is 2.77. The van der Waals surface area contributed by atoms with Gasteiger partial charge in [-0.1, -0.05) is 30.3 Å². The second-order valence-corrected chi connectivity index (χ2v) is 7.10. The van der Waals surface area contributed by atoms with E-state index in [0.29, 0.717) is 5.56 Å². The van der Waals surface area contributed by atoms with Crippen LogP contribution in [0.1, 0.15) is 29.3 Å². The molecule has 0 aliphatic rings. The van der Waals surface area contributed by atoms with Crippen LogP contribution >= 0.6 is 0 Å². The Balaban J connectivity index is 2.38. The van der Waals surface area contributed by atoms with Crippen LogP contribution in [0, 0.1) is 0 Å². The summed E-state index contributed by atoms with van der Waals surface area (Å²) in [7, 11) is 0. The molecule has 2 rings (SSSR count). The van der Waals surface area contributed by atoms with Gasteiger partial charge < -0.3 is 20.4 Å². The zero-order valence-corrected chi connectivity index (χ0v) is 18.1. The first kappa shape index (κ1) is 26.8. The van der Waals surface area contributed by atoms with Crippen molar-refractivity contribution in [3.63, 3.8) is 0 Å². The number of carbonyl (C=O) groups excluding carboxylic acids is 3. The molecule has 0 aliphatic heterocycles. The molecule has 0 spiro atoms. The minimum Gasteiger partial charge on any atom is -0.476 e. The third kappa shape index (κ3) is 7.03. The molecule has 2 unspecified atom stereocenters. The highest BCUT2D eigenvalue weighted by Crippen LogP contribution is 2.23. The maximum atomic E-state index is 13.0. The lowest BCUT2D eigenvalue weighted by Gasteiger charge is -2.30. The average molecular weight is 495 g/mol. The zero-order chi connectivity index (χ0) is 26.2. The van der Waals surface area contributed by atoms with Gasteiger partial charge in [-0.05, 0) is 36.8 Å². The molecular formula is C22H20F3N3O7. The summed E-state index contributed by atoms with van der Waals surface area (Å²) in [6, 6.07) is 12.5. The summed E-state index contributed by atoms with van der Waals surface area (Å²) in [5.41, 5.74) is -2.62. The van der Waals surface area contributed by atoms with Gasteiger partial charge >= 0.3 is 23.8 Å². The monoisotopic (exact) mass is 495 g/mol. The van der Waals surface area contributed by atoms with E-state index in [2.05, 4.69) is 9.84 Å². The molecule has 0 aliphatic carbocycles. The predicted molar refractivity (Wildman–Crippen MR) is 114 cm³/mol. The van der Waals surface area contributed by atoms with Gasteiger partial charge in [0.2, 0.25) is 5.78 Å². The molecule has 0 saturated heterocycles. The Morgan fingerprint density at radius 2 is 1.69 bits per heavy atom. The quantitative estimate of drug-likeness (QED) is 0.113. The van der Waals surface area contributed by atoms with E-state index in [0.717, 1.165) is 6.92 Å². The van der Waals surface area contributed by atoms with Crippen molar-refractivity contribution in [1.82, 2.24) is 5.32 Å². The van der Waals surface area contributed by atoms with E-state index in [1.165, 1.54) is 54.7 Å². The molecule has 0 bridgehead atoms. The number of para-hydroxylation sites is 1. The summed E-state index contributed by atoms with van der Waals surface area (Å²) in [6.45, 7) is 0.955. The number of halogens is 3. The number of aliphatic carboxylic acids is 1. The molecule has 0 saturated carbocycles. The Bertz CT molecular complexity index is 1110. The van der Waals surface area contributed by atoms with E-state index in [-0.39, 0.29) is 11.3 Å². The van der Waals surface area contributed by atoms with Crippen LogP contribution in [-0.4, -0.2) is 53.0 Å². The number of Topliss-reactive ketones (excluding diaryl/α,β-unsaturated/α-hetero) is 1. The summed E-state index contributed by atoms with van der Waals surface area (Å²) >= 11 is 0. The maximum absolute atomic E-state index is 13.0. The SMILES string of the molecule is CC(CC(=O)C(NC(=O)c1ccc(C=NN)cc1)(Oc1ccccc1)C(=O)O)OC(=O)C(F)(F)F. The molecule has 2 aromatic carbocycles. The number of carboxylic acids is 1. The lowest BCUT2D eigenvalue weighted by Crippen LogP contribution is -2.64. The number of carbonyl (C=O) groups is 4. The number of nitrogens with two attached hydrogens (primary N) is 1. The van der Waals surface area contributed by atoms with Crippen LogP contribution in [0.4, 0.5) is 13.2 Å². The van der Waals surface area contributed by atoms with Crippen LogP contribution < -0.4 is 15.9 Å². The smallest absolute Gasteiger partial charge is 0.476 e. The highest BCUT2D eigenvalue weighted by Gasteiger charge is 2.51. The van der Waals surface area contributed by atoms with Gasteiger partial charge in [-0.15, -0.1) is 0 Å². The molecule has 0 radical (unpaired) electrons. The van der Waals surface area contributed by atoms with E-state index >= 15 is 0 Å². The molecule has 4 N–H and O–H groups in total. The molecule has 13 heteroatoms. The first-order chi connectivity index (χ1) is 16.4. The Labute approximate surface area is 196 Å². The number of hydrazone groups is 1. The minimum atomic E-state index is -5.32. The van der Waals surface area contributed by atoms with E-state index in [1.807, 2.05) is 5.32 Å². The summed E-state index contributed by atoms with van der Waals surface area (Å²) in [5, 5.41) is 15.2. The molecule has 186 valence electrons. The molecule has 1 amide bonds. The van der Waals surface area contributed by atoms with E-state index in [1.54, 1.807) is 6.07 Å². The zero-order valence-electron chi connectivity index (χ0n) is 18.1. The van der Waals surface area contributed by atoms with Crippen molar-refractivity contribution in [3.8, 4) is 5.75 Å². The number of ketones is 1. The molecule has 2 atom stereocenters. The van der Waals surface area contributed by atoms with Gasteiger partial charge in [-0.3, -0.25) is 14.9 Å². The molecule has 0 heterocycles. The topological polar surface area (TPSA) is 157 Å². The molecule has 10 nitrogen and oxygen atoms in total. The van der Waals surface area contributed by atoms with Crippen LogP contribution in [0.3, 0.4) is 0 Å². The van der Waals surface area contributed by atoms with Crippen molar-refractivity contribution in [2.75, 3.05) is 0 Å². The molecule has 0 fully saturated rings. The number of nitrogens with zero attached hydrogens (tertiary/aromatic N) is 1. The average Bonchev–Trinajstić information content (AvgIpc) is 2.79. The normalized spacial score (nSPS) is 13.9. The van der Waals surface area contributed by atoms with Crippen LogP contribution in [0.25, 0.3) is 0 Å². The van der Waals surface area contributed by atoms with Crippen molar-refractivity contribution < 1.29 is 46.9 Å². The molecular weight excluding hydrogens is 475 g/mol. The van der Waals surface area contributed by atoms with Crippen LogP contribution in [0.5, 0.6) is 5.75 Å². The van der Waals surface area contributed by atoms with Gasteiger partial charge in [0.15, 0.2) is 0 Å². The number of esters is 1. The van der Waals surface area contributed by atoms with Crippen LogP contribution in [0.15, 0.2) is 59.7 Å². The number of hydrogen-bond acceptors (Lipinski definition) is 8.